The second kappa shape index (κ2) is 7.60. The number of aryl methyl sites for hydroxylation is 3. The average Bonchev–Trinajstić information content (AvgIpc) is 3.07. The lowest BCUT2D eigenvalue weighted by Gasteiger charge is -2.36. The molecule has 0 amide bonds. The standard InChI is InChI=1S/C18H24N2S2/c1-16-3-5-17(6-4-16)7-8-18(21-13-2-14-22-18)9-11-20-12-10-19-15-20/h3-6,10,12,15H,2,7-9,11,13-14H2,1H3. The minimum Gasteiger partial charge on any atom is -0.337 e. The molecule has 2 aromatic rings. The van der Waals surface area contributed by atoms with Crippen molar-refractivity contribution in [2.75, 3.05) is 11.5 Å². The summed E-state index contributed by atoms with van der Waals surface area (Å²) in [7, 11) is 0. The van der Waals surface area contributed by atoms with Crippen LogP contribution in [0.5, 0.6) is 0 Å². The molecule has 0 bridgehead atoms. The van der Waals surface area contributed by atoms with Crippen LogP contribution in [0, 0.1) is 6.92 Å². The number of nitrogens with zero attached hydrogens (tertiary/aromatic N) is 2. The van der Waals surface area contributed by atoms with Gasteiger partial charge in [0.05, 0.1) is 10.4 Å². The normalized spacial score (nSPS) is 17.5. The Hall–Kier alpha value is -0.870. The van der Waals surface area contributed by atoms with E-state index in [0.717, 1.165) is 6.54 Å². The Labute approximate surface area is 142 Å². The lowest BCUT2D eigenvalue weighted by Crippen LogP contribution is -2.27. The van der Waals surface area contributed by atoms with Crippen molar-refractivity contribution in [3.05, 3.63) is 54.1 Å². The summed E-state index contributed by atoms with van der Waals surface area (Å²) < 4.78 is 2.59. The van der Waals surface area contributed by atoms with E-state index in [0.29, 0.717) is 4.08 Å². The van der Waals surface area contributed by atoms with Gasteiger partial charge in [-0.05, 0) is 49.7 Å². The SMILES string of the molecule is Cc1ccc(CCC2(CCn3ccnc3)SCCCS2)cc1. The van der Waals surface area contributed by atoms with Gasteiger partial charge in [0, 0.05) is 18.9 Å². The molecule has 4 heteroatoms. The fourth-order valence-electron chi connectivity index (χ4n) is 2.84. The Morgan fingerprint density at radius 2 is 1.91 bits per heavy atom. The van der Waals surface area contributed by atoms with Crippen molar-refractivity contribution in [2.24, 2.45) is 0 Å². The molecule has 1 aromatic carbocycles. The first-order valence-corrected chi connectivity index (χ1v) is 10.0. The Morgan fingerprint density at radius 3 is 2.59 bits per heavy atom. The molecule has 22 heavy (non-hydrogen) atoms. The van der Waals surface area contributed by atoms with Crippen molar-refractivity contribution < 1.29 is 0 Å². The maximum Gasteiger partial charge on any atom is 0.0945 e. The van der Waals surface area contributed by atoms with Crippen LogP contribution in [0.15, 0.2) is 43.0 Å². The number of rotatable bonds is 6. The van der Waals surface area contributed by atoms with E-state index in [9.17, 15) is 0 Å². The number of aromatic nitrogens is 2. The number of benzene rings is 1. The summed E-state index contributed by atoms with van der Waals surface area (Å²) in [6.07, 6.45) is 10.9. The molecule has 2 heterocycles. The summed E-state index contributed by atoms with van der Waals surface area (Å²) in [5.74, 6) is 2.62. The van der Waals surface area contributed by atoms with Crippen LogP contribution in [0.2, 0.25) is 0 Å². The Balaban J connectivity index is 1.62. The molecule has 0 unspecified atom stereocenters. The smallest absolute Gasteiger partial charge is 0.0945 e. The van der Waals surface area contributed by atoms with Crippen LogP contribution < -0.4 is 0 Å². The average molecular weight is 333 g/mol. The minimum absolute atomic E-state index is 0.382. The molecule has 0 atom stereocenters. The van der Waals surface area contributed by atoms with E-state index in [2.05, 4.69) is 70.5 Å². The minimum atomic E-state index is 0.382. The molecule has 1 fully saturated rings. The van der Waals surface area contributed by atoms with Crippen molar-refractivity contribution in [1.29, 1.82) is 0 Å². The number of thioether (sulfide) groups is 2. The summed E-state index contributed by atoms with van der Waals surface area (Å²) in [5, 5.41) is 0. The number of hydrogen-bond acceptors (Lipinski definition) is 3. The van der Waals surface area contributed by atoms with Crippen LogP contribution in [0.3, 0.4) is 0 Å². The summed E-state index contributed by atoms with van der Waals surface area (Å²) in [6.45, 7) is 3.23. The third-order valence-corrected chi connectivity index (χ3v) is 7.81. The molecular weight excluding hydrogens is 308 g/mol. The van der Waals surface area contributed by atoms with Crippen molar-refractivity contribution in [1.82, 2.24) is 9.55 Å². The molecule has 2 nitrogen and oxygen atoms in total. The molecule has 118 valence electrons. The molecule has 0 radical (unpaired) electrons. The van der Waals surface area contributed by atoms with E-state index in [1.165, 1.54) is 48.3 Å². The van der Waals surface area contributed by atoms with E-state index >= 15 is 0 Å². The molecule has 3 rings (SSSR count). The van der Waals surface area contributed by atoms with Crippen LogP contribution in [-0.4, -0.2) is 25.1 Å². The van der Waals surface area contributed by atoms with Crippen LogP contribution in [0.1, 0.15) is 30.4 Å². The first-order chi connectivity index (χ1) is 10.8. The highest BCUT2D eigenvalue weighted by molar-refractivity contribution is 8.18. The molecule has 0 aliphatic carbocycles. The highest BCUT2D eigenvalue weighted by Crippen LogP contribution is 2.48. The van der Waals surface area contributed by atoms with Gasteiger partial charge in [0.25, 0.3) is 0 Å². The van der Waals surface area contributed by atoms with Gasteiger partial charge in [0.2, 0.25) is 0 Å². The van der Waals surface area contributed by atoms with Crippen LogP contribution in [-0.2, 0) is 13.0 Å². The van der Waals surface area contributed by atoms with Crippen LogP contribution in [0.4, 0.5) is 0 Å². The van der Waals surface area contributed by atoms with Crippen LogP contribution in [0.25, 0.3) is 0 Å². The van der Waals surface area contributed by atoms with Gasteiger partial charge in [-0.25, -0.2) is 4.98 Å². The van der Waals surface area contributed by atoms with Gasteiger partial charge in [-0.15, -0.1) is 23.5 Å². The molecule has 1 aliphatic rings. The fraction of sp³-hybridized carbons (Fsp3) is 0.500. The highest BCUT2D eigenvalue weighted by atomic mass is 32.2. The lowest BCUT2D eigenvalue weighted by molar-refractivity contribution is 0.569. The van der Waals surface area contributed by atoms with Crippen molar-refractivity contribution in [2.45, 2.75) is 43.2 Å². The summed E-state index contributed by atoms with van der Waals surface area (Å²) in [6, 6.07) is 9.04. The van der Waals surface area contributed by atoms with Crippen molar-refractivity contribution in [3.8, 4) is 0 Å². The monoisotopic (exact) mass is 332 g/mol. The highest BCUT2D eigenvalue weighted by Gasteiger charge is 2.33. The van der Waals surface area contributed by atoms with Gasteiger partial charge in [-0.1, -0.05) is 29.8 Å². The molecule has 1 aliphatic heterocycles. The maximum absolute atomic E-state index is 4.16. The van der Waals surface area contributed by atoms with Gasteiger partial charge in [-0.3, -0.25) is 0 Å². The van der Waals surface area contributed by atoms with Crippen molar-refractivity contribution >= 4 is 23.5 Å². The van der Waals surface area contributed by atoms with E-state index in [1.54, 1.807) is 0 Å². The quantitative estimate of drug-likeness (QED) is 0.758. The third kappa shape index (κ3) is 4.32. The van der Waals surface area contributed by atoms with Gasteiger partial charge < -0.3 is 4.57 Å². The zero-order chi connectivity index (χ0) is 15.3. The topological polar surface area (TPSA) is 17.8 Å². The Bertz CT molecular complexity index is 557. The van der Waals surface area contributed by atoms with Gasteiger partial charge in [0.1, 0.15) is 0 Å². The zero-order valence-corrected chi connectivity index (χ0v) is 14.8. The predicted octanol–water partition coefficient (Wildman–Crippen LogP) is 4.78. The van der Waals surface area contributed by atoms with E-state index in [1.807, 2.05) is 12.5 Å². The molecular formula is C18H24N2S2. The third-order valence-electron chi connectivity index (χ3n) is 4.24. The second-order valence-corrected chi connectivity index (χ2v) is 9.21. The van der Waals surface area contributed by atoms with E-state index in [4.69, 9.17) is 0 Å². The van der Waals surface area contributed by atoms with Crippen molar-refractivity contribution in [3.63, 3.8) is 0 Å². The zero-order valence-electron chi connectivity index (χ0n) is 13.2. The molecule has 1 aromatic heterocycles. The fourth-order valence-corrected chi connectivity index (χ4v) is 6.14. The maximum atomic E-state index is 4.16. The molecule has 0 spiro atoms. The van der Waals surface area contributed by atoms with Gasteiger partial charge in [-0.2, -0.15) is 0 Å². The Morgan fingerprint density at radius 1 is 1.14 bits per heavy atom. The second-order valence-electron chi connectivity index (χ2n) is 6.00. The predicted molar refractivity (Wildman–Crippen MR) is 98.6 cm³/mol. The Kier molecular flexibility index (Phi) is 5.53. The van der Waals surface area contributed by atoms with E-state index < -0.39 is 0 Å². The van der Waals surface area contributed by atoms with Gasteiger partial charge in [0.15, 0.2) is 0 Å². The molecule has 1 saturated heterocycles. The van der Waals surface area contributed by atoms with Gasteiger partial charge >= 0.3 is 0 Å². The summed E-state index contributed by atoms with van der Waals surface area (Å²) in [5.41, 5.74) is 2.82. The largest absolute Gasteiger partial charge is 0.337 e. The summed E-state index contributed by atoms with van der Waals surface area (Å²) >= 11 is 4.37. The first kappa shape index (κ1) is 16.0. The molecule has 0 saturated carbocycles. The lowest BCUT2D eigenvalue weighted by atomic mass is 10.0. The number of hydrogen-bond donors (Lipinski definition) is 0. The van der Waals surface area contributed by atoms with Crippen LogP contribution >= 0.6 is 23.5 Å². The number of imidazole rings is 1. The van der Waals surface area contributed by atoms with E-state index in [-0.39, 0.29) is 0 Å². The summed E-state index contributed by atoms with van der Waals surface area (Å²) in [4.78, 5) is 4.16. The molecule has 0 N–H and O–H groups in total. The first-order valence-electron chi connectivity index (χ1n) is 8.05.